The second kappa shape index (κ2) is 14.5. The molecule has 0 spiro atoms. The van der Waals surface area contributed by atoms with Gasteiger partial charge in [0.2, 0.25) is 5.88 Å². The average molecular weight is 594 g/mol. The maximum absolute atomic E-state index is 10.5. The van der Waals surface area contributed by atoms with E-state index >= 15 is 0 Å². The number of phosphoric acid groups is 1. The summed E-state index contributed by atoms with van der Waals surface area (Å²) in [4.78, 5) is 30.1. The normalized spacial score (nSPS) is 14.4. The summed E-state index contributed by atoms with van der Waals surface area (Å²) in [5, 5.41) is 2.06. The summed E-state index contributed by atoms with van der Waals surface area (Å²) in [6.45, 7) is 4.62. The molecule has 37 heavy (non-hydrogen) atoms. The molecule has 2 heterocycles. The molecule has 0 radical (unpaired) electrons. The number of anilines is 1. The van der Waals surface area contributed by atoms with Gasteiger partial charge in [0.25, 0.3) is 0 Å². The Morgan fingerprint density at radius 3 is 2.49 bits per heavy atom. The van der Waals surface area contributed by atoms with E-state index in [9.17, 15) is 14.4 Å². The van der Waals surface area contributed by atoms with E-state index in [1.54, 1.807) is 24.3 Å². The molecular formula is C24H26CaCl2N3O6P. The van der Waals surface area contributed by atoms with Crippen molar-refractivity contribution in [2.75, 3.05) is 51.0 Å². The zero-order chi connectivity index (χ0) is 25.5. The van der Waals surface area contributed by atoms with Crippen LogP contribution in [0.4, 0.5) is 5.69 Å². The average Bonchev–Trinajstić information content (AvgIpc) is 2.85. The number of pyridine rings is 1. The largest absolute Gasteiger partial charge is 2.00 e. The summed E-state index contributed by atoms with van der Waals surface area (Å²) < 4.78 is 25.6. The number of fused-ring (bicyclic) bond motifs is 1. The van der Waals surface area contributed by atoms with Crippen LogP contribution >= 0.6 is 31.0 Å². The first-order valence-corrected chi connectivity index (χ1v) is 13.7. The number of unbranched alkanes of at least 4 members (excludes halogenated alkanes) is 1. The van der Waals surface area contributed by atoms with Gasteiger partial charge in [-0.1, -0.05) is 29.3 Å². The van der Waals surface area contributed by atoms with Crippen LogP contribution in [0.1, 0.15) is 12.8 Å². The van der Waals surface area contributed by atoms with Crippen LogP contribution in [0.5, 0.6) is 11.6 Å². The first-order chi connectivity index (χ1) is 17.3. The van der Waals surface area contributed by atoms with Gasteiger partial charge in [0.1, 0.15) is 5.75 Å². The van der Waals surface area contributed by atoms with Gasteiger partial charge in [-0.15, -0.1) is 0 Å². The monoisotopic (exact) mass is 593 g/mol. The fraction of sp³-hybridized carbons (Fsp3) is 0.375. The van der Waals surface area contributed by atoms with Crippen LogP contribution in [0, 0.1) is 0 Å². The Balaban J connectivity index is 0.00000380. The van der Waals surface area contributed by atoms with Gasteiger partial charge in [0.05, 0.1) is 35.7 Å². The fourth-order valence-electron chi connectivity index (χ4n) is 3.98. The summed E-state index contributed by atoms with van der Waals surface area (Å²) in [6, 6.07) is 14.6. The van der Waals surface area contributed by atoms with Crippen molar-refractivity contribution in [1.82, 2.24) is 9.88 Å². The Morgan fingerprint density at radius 2 is 1.73 bits per heavy atom. The molecule has 1 aliphatic rings. The number of hydrogen-bond acceptors (Lipinski definition) is 9. The van der Waals surface area contributed by atoms with E-state index in [-0.39, 0.29) is 43.6 Å². The number of ether oxygens (including phenoxy) is 2. The Morgan fingerprint density at radius 1 is 0.973 bits per heavy atom. The molecule has 0 amide bonds. The number of phosphoric ester groups is 1. The van der Waals surface area contributed by atoms with Gasteiger partial charge in [-0.05, 0) is 49.7 Å². The number of benzene rings is 2. The second-order valence-corrected chi connectivity index (χ2v) is 10.2. The third-order valence-electron chi connectivity index (χ3n) is 5.84. The smallest absolute Gasteiger partial charge is 0.790 e. The SMILES string of the molecule is O=P([O-])([O-])OCOc1ccc2ccc(OCCCCN3CCN(c4cccc(Cl)c4Cl)CC3)cc2n1.[Ca+2]. The van der Waals surface area contributed by atoms with Crippen LogP contribution in [-0.4, -0.2) is 93.7 Å². The Kier molecular flexibility index (Phi) is 12.0. The molecule has 4 rings (SSSR count). The molecule has 0 atom stereocenters. The van der Waals surface area contributed by atoms with Crippen LogP contribution in [0.15, 0.2) is 48.5 Å². The number of halogens is 2. The molecule has 1 saturated heterocycles. The van der Waals surface area contributed by atoms with Gasteiger partial charge in [-0.3, -0.25) is 4.90 Å². The van der Waals surface area contributed by atoms with Gasteiger partial charge in [0, 0.05) is 43.7 Å². The first kappa shape index (κ1) is 30.7. The second-order valence-electron chi connectivity index (χ2n) is 8.30. The van der Waals surface area contributed by atoms with Crippen molar-refractivity contribution in [2.24, 2.45) is 0 Å². The number of piperazine rings is 1. The van der Waals surface area contributed by atoms with Gasteiger partial charge in [0.15, 0.2) is 6.79 Å². The van der Waals surface area contributed by atoms with E-state index in [1.807, 2.05) is 24.3 Å². The molecule has 13 heteroatoms. The van der Waals surface area contributed by atoms with Crippen molar-refractivity contribution in [2.45, 2.75) is 12.8 Å². The van der Waals surface area contributed by atoms with Crippen LogP contribution in [0.2, 0.25) is 10.0 Å². The zero-order valence-corrected chi connectivity index (χ0v) is 24.8. The predicted molar refractivity (Wildman–Crippen MR) is 142 cm³/mol. The minimum absolute atomic E-state index is 0. The topological polar surface area (TPSA) is 110 Å². The third kappa shape index (κ3) is 9.39. The van der Waals surface area contributed by atoms with Crippen LogP contribution < -0.4 is 24.2 Å². The summed E-state index contributed by atoms with van der Waals surface area (Å²) in [5.74, 6) is 0.824. The minimum Gasteiger partial charge on any atom is -0.790 e. The van der Waals surface area contributed by atoms with Crippen molar-refractivity contribution in [3.05, 3.63) is 58.6 Å². The van der Waals surface area contributed by atoms with Crippen molar-refractivity contribution >= 4 is 85.4 Å². The fourth-order valence-corrected chi connectivity index (χ4v) is 4.57. The predicted octanol–water partition coefficient (Wildman–Crippen LogP) is 3.32. The Bertz CT molecular complexity index is 1230. The minimum atomic E-state index is -5.09. The zero-order valence-electron chi connectivity index (χ0n) is 20.2. The maximum atomic E-state index is 10.5. The molecular weight excluding hydrogens is 568 g/mol. The standard InChI is InChI=1S/C24H28Cl2N3O6P.Ca/c25-20-4-3-5-22(24(20)26)29-13-11-28(12-14-29)10-1-2-15-33-19-8-6-18-7-9-23(27-21(18)16-19)34-17-35-36(30,31)32;/h3-9,16H,1-2,10-15,17H2,(H2,30,31,32);/q;+2/p-2. The summed E-state index contributed by atoms with van der Waals surface area (Å²) in [7, 11) is -5.09. The summed E-state index contributed by atoms with van der Waals surface area (Å²) >= 11 is 12.5. The Labute approximate surface area is 255 Å². The Hall–Kier alpha value is -0.840. The van der Waals surface area contributed by atoms with Crippen molar-refractivity contribution in [3.63, 3.8) is 0 Å². The van der Waals surface area contributed by atoms with Gasteiger partial charge < -0.3 is 33.2 Å². The number of hydrogen-bond donors (Lipinski definition) is 0. The van der Waals surface area contributed by atoms with Crippen LogP contribution in [-0.2, 0) is 9.09 Å². The molecule has 3 aromatic rings. The molecule has 1 fully saturated rings. The summed E-state index contributed by atoms with van der Waals surface area (Å²) in [6.07, 6.45) is 1.93. The first-order valence-electron chi connectivity index (χ1n) is 11.5. The third-order valence-corrected chi connectivity index (χ3v) is 7.07. The van der Waals surface area contributed by atoms with E-state index in [0.29, 0.717) is 27.9 Å². The maximum Gasteiger partial charge on any atom is 2.00 e. The summed E-state index contributed by atoms with van der Waals surface area (Å²) in [5.41, 5.74) is 1.61. The van der Waals surface area contributed by atoms with E-state index in [4.69, 9.17) is 32.7 Å². The molecule has 0 saturated carbocycles. The molecule has 194 valence electrons. The molecule has 2 aromatic carbocycles. The van der Waals surface area contributed by atoms with Crippen molar-refractivity contribution < 1.29 is 28.3 Å². The number of aromatic nitrogens is 1. The number of nitrogens with zero attached hydrogens (tertiary/aromatic N) is 3. The molecule has 1 aliphatic heterocycles. The van der Waals surface area contributed by atoms with E-state index in [0.717, 1.165) is 56.6 Å². The molecule has 0 bridgehead atoms. The quantitative estimate of drug-likeness (QED) is 0.143. The van der Waals surface area contributed by atoms with Gasteiger partial charge >= 0.3 is 37.7 Å². The van der Waals surface area contributed by atoms with Crippen molar-refractivity contribution in [3.8, 4) is 11.6 Å². The van der Waals surface area contributed by atoms with Gasteiger partial charge in [-0.25, -0.2) is 4.98 Å². The van der Waals surface area contributed by atoms with Crippen LogP contribution in [0.3, 0.4) is 0 Å². The molecule has 0 unspecified atom stereocenters. The molecule has 1 aromatic heterocycles. The molecule has 9 nitrogen and oxygen atoms in total. The molecule has 0 N–H and O–H groups in total. The van der Waals surface area contributed by atoms with E-state index < -0.39 is 14.6 Å². The number of rotatable bonds is 11. The van der Waals surface area contributed by atoms with E-state index in [2.05, 4.69) is 19.3 Å². The van der Waals surface area contributed by atoms with Gasteiger partial charge in [-0.2, -0.15) is 0 Å². The van der Waals surface area contributed by atoms with Crippen molar-refractivity contribution in [1.29, 1.82) is 0 Å². The van der Waals surface area contributed by atoms with Crippen LogP contribution in [0.25, 0.3) is 10.9 Å². The molecule has 0 aliphatic carbocycles. The van der Waals surface area contributed by atoms with E-state index in [1.165, 1.54) is 0 Å².